The maximum absolute atomic E-state index is 13.7. The molecule has 0 aliphatic carbocycles. The van der Waals surface area contributed by atoms with Gasteiger partial charge in [-0.15, -0.1) is 24.0 Å². The van der Waals surface area contributed by atoms with Crippen LogP contribution in [0.3, 0.4) is 0 Å². The third-order valence-electron chi connectivity index (χ3n) is 3.36. The highest BCUT2D eigenvalue weighted by molar-refractivity contribution is 14.0. The molecule has 6 nitrogen and oxygen atoms in total. The average molecular weight is 526 g/mol. The summed E-state index contributed by atoms with van der Waals surface area (Å²) in [6, 6.07) is 5.15. The molecule has 0 bridgehead atoms. The molecule has 1 aromatic heterocycles. The zero-order chi connectivity index (χ0) is 17.4. The lowest BCUT2D eigenvalue weighted by atomic mass is 10.1. The summed E-state index contributed by atoms with van der Waals surface area (Å²) in [6.45, 7) is 3.13. The molecule has 9 heteroatoms. The van der Waals surface area contributed by atoms with Crippen LogP contribution in [-0.4, -0.2) is 36.2 Å². The highest BCUT2D eigenvalue weighted by atomic mass is 127. The Kier molecular flexibility index (Phi) is 9.94. The van der Waals surface area contributed by atoms with Gasteiger partial charge in [-0.05, 0) is 37.5 Å². The van der Waals surface area contributed by atoms with Gasteiger partial charge in [-0.3, -0.25) is 4.99 Å². The first kappa shape index (κ1) is 21.8. The second-order valence-corrected chi connectivity index (χ2v) is 6.17. The van der Waals surface area contributed by atoms with Crippen molar-refractivity contribution >= 4 is 45.9 Å². The third kappa shape index (κ3) is 7.68. The molecular weight excluding hydrogens is 504 g/mol. The topological polar surface area (TPSA) is 75.3 Å². The Morgan fingerprint density at radius 1 is 1.28 bits per heavy atom. The number of guanidine groups is 1. The van der Waals surface area contributed by atoms with Crippen LogP contribution in [0.15, 0.2) is 32.2 Å². The number of rotatable bonds is 7. The standard InChI is InChI=1S/C16H21BrFN5O.HI/c1-11-22-15(24-23-11)7-9-21-16(19-2)20-8-3-4-12-5-6-13(17)10-14(12)18;/h5-6,10H,3-4,7-9H2,1-2H3,(H2,19,20,21);1H. The predicted octanol–water partition coefficient (Wildman–Crippen LogP) is 3.24. The summed E-state index contributed by atoms with van der Waals surface area (Å²) < 4.78 is 19.5. The van der Waals surface area contributed by atoms with Gasteiger partial charge in [0.25, 0.3) is 0 Å². The Morgan fingerprint density at radius 3 is 2.68 bits per heavy atom. The van der Waals surface area contributed by atoms with Gasteiger partial charge in [-0.2, -0.15) is 4.98 Å². The molecule has 0 radical (unpaired) electrons. The van der Waals surface area contributed by atoms with Crippen molar-refractivity contribution in [1.29, 1.82) is 0 Å². The van der Waals surface area contributed by atoms with Crippen molar-refractivity contribution < 1.29 is 8.91 Å². The van der Waals surface area contributed by atoms with Crippen molar-refractivity contribution in [2.75, 3.05) is 20.1 Å². The zero-order valence-electron chi connectivity index (χ0n) is 14.2. The smallest absolute Gasteiger partial charge is 0.228 e. The molecular formula is C16H22BrFIN5O. The van der Waals surface area contributed by atoms with Crippen molar-refractivity contribution in [1.82, 2.24) is 20.8 Å². The fourth-order valence-corrected chi connectivity index (χ4v) is 2.49. The SMILES string of the molecule is CN=C(NCCCc1ccc(Br)cc1F)NCCc1nc(C)no1.I. The average Bonchev–Trinajstić information content (AvgIpc) is 2.96. The van der Waals surface area contributed by atoms with Gasteiger partial charge >= 0.3 is 0 Å². The van der Waals surface area contributed by atoms with Crippen molar-refractivity contribution in [3.63, 3.8) is 0 Å². The Hall–Kier alpha value is -1.23. The molecule has 0 aliphatic rings. The minimum Gasteiger partial charge on any atom is -0.356 e. The maximum Gasteiger partial charge on any atom is 0.228 e. The summed E-state index contributed by atoms with van der Waals surface area (Å²) in [7, 11) is 1.71. The number of hydrogen-bond donors (Lipinski definition) is 2. The lowest BCUT2D eigenvalue weighted by Gasteiger charge is -2.11. The van der Waals surface area contributed by atoms with E-state index in [1.165, 1.54) is 6.07 Å². The molecule has 2 rings (SSSR count). The third-order valence-corrected chi connectivity index (χ3v) is 3.85. The van der Waals surface area contributed by atoms with Crippen molar-refractivity contribution in [3.05, 3.63) is 45.8 Å². The largest absolute Gasteiger partial charge is 0.356 e. The van der Waals surface area contributed by atoms with E-state index in [0.717, 1.165) is 16.5 Å². The number of aliphatic imine (C=N–C) groups is 1. The normalized spacial score (nSPS) is 11.1. The summed E-state index contributed by atoms with van der Waals surface area (Å²) in [4.78, 5) is 8.29. The van der Waals surface area contributed by atoms with Crippen LogP contribution in [0.1, 0.15) is 23.7 Å². The maximum atomic E-state index is 13.7. The molecule has 0 aliphatic heterocycles. The van der Waals surface area contributed by atoms with Gasteiger partial charge in [0.05, 0.1) is 0 Å². The fourth-order valence-electron chi connectivity index (χ4n) is 2.16. The van der Waals surface area contributed by atoms with E-state index in [2.05, 4.69) is 41.7 Å². The molecule has 1 aromatic carbocycles. The first-order valence-corrected chi connectivity index (χ1v) is 8.55. The minimum atomic E-state index is -0.179. The molecule has 2 aromatic rings. The van der Waals surface area contributed by atoms with Crippen LogP contribution in [0.2, 0.25) is 0 Å². The van der Waals surface area contributed by atoms with E-state index < -0.39 is 0 Å². The van der Waals surface area contributed by atoms with E-state index in [1.807, 2.05) is 6.07 Å². The van der Waals surface area contributed by atoms with E-state index in [9.17, 15) is 4.39 Å². The van der Waals surface area contributed by atoms with E-state index in [1.54, 1.807) is 20.0 Å². The van der Waals surface area contributed by atoms with Gasteiger partial charge in [-0.25, -0.2) is 4.39 Å². The summed E-state index contributed by atoms with van der Waals surface area (Å²) in [5.41, 5.74) is 0.717. The highest BCUT2D eigenvalue weighted by Crippen LogP contribution is 2.16. The first-order chi connectivity index (χ1) is 11.6. The number of benzene rings is 1. The lowest BCUT2D eigenvalue weighted by Crippen LogP contribution is -2.38. The van der Waals surface area contributed by atoms with Gasteiger partial charge in [0.15, 0.2) is 11.8 Å². The summed E-state index contributed by atoms with van der Waals surface area (Å²) in [5, 5.41) is 10.1. The highest BCUT2D eigenvalue weighted by Gasteiger charge is 2.05. The Morgan fingerprint density at radius 2 is 2.04 bits per heavy atom. The molecule has 0 saturated carbocycles. The van der Waals surface area contributed by atoms with Crippen LogP contribution in [0.5, 0.6) is 0 Å². The van der Waals surface area contributed by atoms with Crippen molar-refractivity contribution in [2.45, 2.75) is 26.2 Å². The zero-order valence-corrected chi connectivity index (χ0v) is 18.1. The van der Waals surface area contributed by atoms with Gasteiger partial charge in [-0.1, -0.05) is 27.2 Å². The molecule has 0 unspecified atom stereocenters. The van der Waals surface area contributed by atoms with Crippen LogP contribution in [0.25, 0.3) is 0 Å². The second kappa shape index (κ2) is 11.4. The number of aryl methyl sites for hydroxylation is 2. The predicted molar refractivity (Wildman–Crippen MR) is 110 cm³/mol. The van der Waals surface area contributed by atoms with Crippen molar-refractivity contribution in [3.8, 4) is 0 Å². The molecule has 0 saturated heterocycles. The number of nitrogens with zero attached hydrogens (tertiary/aromatic N) is 3. The molecule has 0 fully saturated rings. The van der Waals surface area contributed by atoms with E-state index in [-0.39, 0.29) is 29.8 Å². The van der Waals surface area contributed by atoms with Crippen LogP contribution in [0, 0.1) is 12.7 Å². The molecule has 0 spiro atoms. The molecule has 138 valence electrons. The number of aromatic nitrogens is 2. The van der Waals surface area contributed by atoms with Crippen LogP contribution in [-0.2, 0) is 12.8 Å². The van der Waals surface area contributed by atoms with Gasteiger partial charge in [0, 0.05) is 31.0 Å². The number of nitrogens with one attached hydrogen (secondary N) is 2. The Labute approximate surface area is 172 Å². The summed E-state index contributed by atoms with van der Waals surface area (Å²) in [6.07, 6.45) is 2.11. The number of halogens is 3. The van der Waals surface area contributed by atoms with Crippen LogP contribution < -0.4 is 10.6 Å². The van der Waals surface area contributed by atoms with Gasteiger partial charge < -0.3 is 15.2 Å². The summed E-state index contributed by atoms with van der Waals surface area (Å²) in [5.74, 6) is 1.75. The van der Waals surface area contributed by atoms with E-state index in [4.69, 9.17) is 4.52 Å². The molecule has 25 heavy (non-hydrogen) atoms. The number of hydrogen-bond acceptors (Lipinski definition) is 4. The van der Waals surface area contributed by atoms with E-state index >= 15 is 0 Å². The Bertz CT molecular complexity index is 695. The Balaban J connectivity index is 0.00000312. The van der Waals surface area contributed by atoms with Crippen LogP contribution >= 0.6 is 39.9 Å². The van der Waals surface area contributed by atoms with Crippen LogP contribution in [0.4, 0.5) is 4.39 Å². The quantitative estimate of drug-likeness (QED) is 0.251. The first-order valence-electron chi connectivity index (χ1n) is 7.76. The minimum absolute atomic E-state index is 0. The second-order valence-electron chi connectivity index (χ2n) is 5.25. The molecule has 1 heterocycles. The monoisotopic (exact) mass is 525 g/mol. The molecule has 2 N–H and O–H groups in total. The van der Waals surface area contributed by atoms with E-state index in [0.29, 0.717) is 43.6 Å². The molecule has 0 amide bonds. The molecule has 0 atom stereocenters. The summed E-state index contributed by atoms with van der Waals surface area (Å²) >= 11 is 3.26. The fraction of sp³-hybridized carbons (Fsp3) is 0.438. The van der Waals surface area contributed by atoms with Gasteiger partial charge in [0.1, 0.15) is 5.82 Å². The van der Waals surface area contributed by atoms with Gasteiger partial charge in [0.2, 0.25) is 5.89 Å². The van der Waals surface area contributed by atoms with Crippen molar-refractivity contribution in [2.24, 2.45) is 4.99 Å². The lowest BCUT2D eigenvalue weighted by molar-refractivity contribution is 0.374.